The number of benzene rings is 2. The summed E-state index contributed by atoms with van der Waals surface area (Å²) in [4.78, 5) is 25.1. The molecule has 0 radical (unpaired) electrons. The van der Waals surface area contributed by atoms with E-state index in [-0.39, 0.29) is 17.7 Å². The lowest BCUT2D eigenvalue weighted by Crippen LogP contribution is -2.51. The summed E-state index contributed by atoms with van der Waals surface area (Å²) in [7, 11) is 0. The number of carbonyl (C=O) groups excluding carboxylic acids is 2. The summed E-state index contributed by atoms with van der Waals surface area (Å²) in [6, 6.07) is 14.1. The molecular formula is C23H29N3O3. The fourth-order valence-electron chi connectivity index (χ4n) is 3.73. The van der Waals surface area contributed by atoms with Gasteiger partial charge < -0.3 is 21.1 Å². The van der Waals surface area contributed by atoms with Crippen molar-refractivity contribution in [1.29, 1.82) is 0 Å². The van der Waals surface area contributed by atoms with Gasteiger partial charge in [0.05, 0.1) is 12.5 Å². The summed E-state index contributed by atoms with van der Waals surface area (Å²) < 4.78 is 5.40. The van der Waals surface area contributed by atoms with Gasteiger partial charge in [-0.15, -0.1) is 0 Å². The van der Waals surface area contributed by atoms with E-state index in [4.69, 9.17) is 10.5 Å². The Morgan fingerprint density at radius 1 is 1.03 bits per heavy atom. The van der Waals surface area contributed by atoms with Gasteiger partial charge in [0.25, 0.3) is 5.91 Å². The molecule has 3 rings (SSSR count). The minimum Gasteiger partial charge on any atom is -0.494 e. The van der Waals surface area contributed by atoms with Crippen molar-refractivity contribution in [3.05, 3.63) is 54.1 Å². The van der Waals surface area contributed by atoms with E-state index >= 15 is 0 Å². The Labute approximate surface area is 171 Å². The minimum absolute atomic E-state index is 0.0544. The number of nitrogens with one attached hydrogen (secondary N) is 2. The van der Waals surface area contributed by atoms with Crippen LogP contribution in [0.5, 0.6) is 5.75 Å². The molecule has 2 atom stereocenters. The maximum atomic E-state index is 12.6. The number of carbonyl (C=O) groups is 2. The first-order chi connectivity index (χ1) is 13.9. The van der Waals surface area contributed by atoms with E-state index in [0.29, 0.717) is 23.5 Å². The zero-order valence-corrected chi connectivity index (χ0v) is 17.0. The molecule has 0 saturated heterocycles. The Morgan fingerprint density at radius 2 is 1.66 bits per heavy atom. The third-order valence-electron chi connectivity index (χ3n) is 5.41. The summed E-state index contributed by atoms with van der Waals surface area (Å²) in [5.41, 5.74) is 7.71. The average molecular weight is 396 g/mol. The summed E-state index contributed by atoms with van der Waals surface area (Å²) in [5, 5.41) is 5.79. The largest absolute Gasteiger partial charge is 0.494 e. The van der Waals surface area contributed by atoms with Crippen molar-refractivity contribution < 1.29 is 14.3 Å². The molecule has 2 unspecified atom stereocenters. The molecule has 29 heavy (non-hydrogen) atoms. The zero-order chi connectivity index (χ0) is 20.9. The van der Waals surface area contributed by atoms with Crippen molar-refractivity contribution in [1.82, 2.24) is 0 Å². The molecule has 6 heteroatoms. The lowest BCUT2D eigenvalue weighted by molar-refractivity contribution is -0.122. The molecule has 2 amide bonds. The molecule has 154 valence electrons. The lowest BCUT2D eigenvalue weighted by Gasteiger charge is -2.37. The van der Waals surface area contributed by atoms with Gasteiger partial charge in [-0.3, -0.25) is 9.59 Å². The van der Waals surface area contributed by atoms with E-state index < -0.39 is 5.54 Å². The molecule has 0 aliphatic heterocycles. The van der Waals surface area contributed by atoms with Crippen molar-refractivity contribution in [3.63, 3.8) is 0 Å². The van der Waals surface area contributed by atoms with Gasteiger partial charge in [0.1, 0.15) is 5.75 Å². The first-order valence-electron chi connectivity index (χ1n) is 10.1. The van der Waals surface area contributed by atoms with Gasteiger partial charge in [-0.2, -0.15) is 0 Å². The number of hydrogen-bond donors (Lipinski definition) is 3. The SMILES string of the molecule is CCOc1ccc(NC(=O)c2ccc(NC(=O)C3CCCCC3(C)N)cc2)cc1. The predicted octanol–water partition coefficient (Wildman–Crippen LogP) is 4.18. The molecule has 2 aromatic carbocycles. The maximum Gasteiger partial charge on any atom is 0.255 e. The molecule has 0 heterocycles. The Hall–Kier alpha value is -2.86. The van der Waals surface area contributed by atoms with Gasteiger partial charge in [0.2, 0.25) is 5.91 Å². The van der Waals surface area contributed by atoms with Crippen LogP contribution in [0.15, 0.2) is 48.5 Å². The predicted molar refractivity (Wildman–Crippen MR) is 115 cm³/mol. The Balaban J connectivity index is 1.59. The Kier molecular flexibility index (Phi) is 6.54. The van der Waals surface area contributed by atoms with Gasteiger partial charge >= 0.3 is 0 Å². The molecular weight excluding hydrogens is 366 g/mol. The highest BCUT2D eigenvalue weighted by atomic mass is 16.5. The highest BCUT2D eigenvalue weighted by Gasteiger charge is 2.37. The molecule has 1 aliphatic carbocycles. The minimum atomic E-state index is -0.472. The van der Waals surface area contributed by atoms with Crippen LogP contribution in [0.3, 0.4) is 0 Å². The number of rotatable bonds is 6. The van der Waals surface area contributed by atoms with Crippen molar-refractivity contribution in [3.8, 4) is 5.75 Å². The number of ether oxygens (including phenoxy) is 1. The van der Waals surface area contributed by atoms with Gasteiger partial charge in [-0.25, -0.2) is 0 Å². The Morgan fingerprint density at radius 3 is 2.28 bits per heavy atom. The number of anilines is 2. The summed E-state index contributed by atoms with van der Waals surface area (Å²) in [5.74, 6) is 0.297. The second-order valence-corrected chi connectivity index (χ2v) is 7.78. The number of nitrogens with two attached hydrogens (primary N) is 1. The summed E-state index contributed by atoms with van der Waals surface area (Å²) in [6.07, 6.45) is 3.75. The smallest absolute Gasteiger partial charge is 0.255 e. The van der Waals surface area contributed by atoms with Crippen LogP contribution in [0, 0.1) is 5.92 Å². The third kappa shape index (κ3) is 5.35. The van der Waals surface area contributed by atoms with Crippen LogP contribution in [-0.2, 0) is 4.79 Å². The van der Waals surface area contributed by atoms with Crippen LogP contribution in [0.1, 0.15) is 49.9 Å². The van der Waals surface area contributed by atoms with Crippen LogP contribution in [0.4, 0.5) is 11.4 Å². The first kappa shape index (κ1) is 20.9. The molecule has 6 nitrogen and oxygen atoms in total. The molecule has 2 aromatic rings. The summed E-state index contributed by atoms with van der Waals surface area (Å²) in [6.45, 7) is 4.47. The number of hydrogen-bond acceptors (Lipinski definition) is 4. The monoisotopic (exact) mass is 395 g/mol. The molecule has 4 N–H and O–H groups in total. The van der Waals surface area contributed by atoms with E-state index in [1.807, 2.05) is 26.0 Å². The normalized spacial score (nSPS) is 21.3. The second-order valence-electron chi connectivity index (χ2n) is 7.78. The topological polar surface area (TPSA) is 93.5 Å². The van der Waals surface area contributed by atoms with Gasteiger partial charge in [0, 0.05) is 22.5 Å². The highest BCUT2D eigenvalue weighted by molar-refractivity contribution is 6.04. The molecule has 0 spiro atoms. The standard InChI is InChI=1S/C23H29N3O3/c1-3-29-19-13-11-18(12-14-19)25-21(27)16-7-9-17(10-8-16)26-22(28)20-6-4-5-15-23(20,2)24/h7-14,20H,3-6,15,24H2,1-2H3,(H,25,27)(H,26,28). The molecule has 1 fully saturated rings. The van der Waals surface area contributed by atoms with E-state index in [2.05, 4.69) is 10.6 Å². The molecule has 1 saturated carbocycles. The van der Waals surface area contributed by atoms with Crippen LogP contribution in [0.25, 0.3) is 0 Å². The van der Waals surface area contributed by atoms with E-state index in [1.165, 1.54) is 0 Å². The van der Waals surface area contributed by atoms with Crippen molar-refractivity contribution in [2.75, 3.05) is 17.2 Å². The van der Waals surface area contributed by atoms with Crippen LogP contribution < -0.4 is 21.1 Å². The second kappa shape index (κ2) is 9.09. The average Bonchev–Trinajstić information content (AvgIpc) is 2.69. The third-order valence-corrected chi connectivity index (χ3v) is 5.41. The fraction of sp³-hybridized carbons (Fsp3) is 0.391. The Bertz CT molecular complexity index is 845. The molecule has 0 aromatic heterocycles. The highest BCUT2D eigenvalue weighted by Crippen LogP contribution is 2.32. The number of amides is 2. The van der Waals surface area contributed by atoms with Crippen LogP contribution in [0.2, 0.25) is 0 Å². The van der Waals surface area contributed by atoms with Crippen LogP contribution >= 0.6 is 0 Å². The molecule has 0 bridgehead atoms. The van der Waals surface area contributed by atoms with Gasteiger partial charge in [-0.05, 0) is 75.2 Å². The zero-order valence-electron chi connectivity index (χ0n) is 17.0. The van der Waals surface area contributed by atoms with E-state index in [9.17, 15) is 9.59 Å². The fourth-order valence-corrected chi connectivity index (χ4v) is 3.73. The van der Waals surface area contributed by atoms with Crippen molar-refractivity contribution in [2.24, 2.45) is 11.7 Å². The maximum absolute atomic E-state index is 12.6. The van der Waals surface area contributed by atoms with E-state index in [0.717, 1.165) is 31.4 Å². The van der Waals surface area contributed by atoms with Crippen molar-refractivity contribution in [2.45, 2.75) is 45.1 Å². The van der Waals surface area contributed by atoms with Crippen LogP contribution in [-0.4, -0.2) is 24.0 Å². The quantitative estimate of drug-likeness (QED) is 0.684. The first-order valence-corrected chi connectivity index (χ1v) is 10.1. The lowest BCUT2D eigenvalue weighted by atomic mass is 9.74. The summed E-state index contributed by atoms with van der Waals surface area (Å²) >= 11 is 0. The van der Waals surface area contributed by atoms with Gasteiger partial charge in [-0.1, -0.05) is 12.8 Å². The molecule has 1 aliphatic rings. The van der Waals surface area contributed by atoms with Gasteiger partial charge in [0.15, 0.2) is 0 Å². The van der Waals surface area contributed by atoms with Crippen molar-refractivity contribution >= 4 is 23.2 Å². The van der Waals surface area contributed by atoms with E-state index in [1.54, 1.807) is 36.4 Å².